The lowest BCUT2D eigenvalue weighted by Gasteiger charge is -2.33. The number of hydrogen-bond acceptors (Lipinski definition) is 4. The fraction of sp³-hybridized carbons (Fsp3) is 1.00. The Bertz CT molecular complexity index is 223. The van der Waals surface area contributed by atoms with Crippen LogP contribution in [0.25, 0.3) is 0 Å². The third-order valence-corrected chi connectivity index (χ3v) is 4.72. The number of likely N-dealkylation sites (N-methyl/N-ethyl adjacent to an activating group) is 1. The van der Waals surface area contributed by atoms with Crippen molar-refractivity contribution < 1.29 is 0 Å². The van der Waals surface area contributed by atoms with E-state index in [0.29, 0.717) is 6.04 Å². The summed E-state index contributed by atoms with van der Waals surface area (Å²) in [6.45, 7) is 4.38. The number of hydrogen-bond donors (Lipinski definition) is 4. The van der Waals surface area contributed by atoms with Crippen LogP contribution in [0.15, 0.2) is 0 Å². The summed E-state index contributed by atoms with van der Waals surface area (Å²) in [6, 6.07) is 0.914. The summed E-state index contributed by atoms with van der Waals surface area (Å²) in [6.07, 6.45) is 12.2. The third kappa shape index (κ3) is 9.46. The first kappa shape index (κ1) is 20.8. The van der Waals surface area contributed by atoms with Crippen molar-refractivity contribution in [1.29, 1.82) is 0 Å². The van der Waals surface area contributed by atoms with Crippen LogP contribution in [0.1, 0.15) is 78.1 Å². The predicted molar refractivity (Wildman–Crippen MR) is 94.3 cm³/mol. The molecule has 0 spiro atoms. The molecule has 0 aliphatic heterocycles. The molecule has 6 N–H and O–H groups in total. The van der Waals surface area contributed by atoms with Gasteiger partial charge in [0.05, 0.1) is 5.66 Å². The molecule has 4 nitrogen and oxygen atoms in total. The van der Waals surface area contributed by atoms with Gasteiger partial charge in [-0.25, -0.2) is 0 Å². The van der Waals surface area contributed by atoms with Crippen molar-refractivity contribution in [2.75, 3.05) is 14.1 Å². The molecule has 0 aromatic carbocycles. The van der Waals surface area contributed by atoms with E-state index in [2.05, 4.69) is 31.5 Å². The van der Waals surface area contributed by atoms with Gasteiger partial charge in [-0.2, -0.15) is 0 Å². The monoisotopic (exact) mass is 300 g/mol. The second kappa shape index (κ2) is 12.4. The van der Waals surface area contributed by atoms with Gasteiger partial charge in [0.25, 0.3) is 0 Å². The molecule has 0 rings (SSSR count). The average molecular weight is 301 g/mol. The van der Waals surface area contributed by atoms with E-state index in [-0.39, 0.29) is 6.04 Å². The molecular formula is C17H40N4. The molecule has 2 unspecified atom stereocenters. The van der Waals surface area contributed by atoms with E-state index >= 15 is 0 Å². The molecule has 0 aromatic heterocycles. The van der Waals surface area contributed by atoms with Crippen molar-refractivity contribution in [3.05, 3.63) is 0 Å². The third-order valence-electron chi connectivity index (χ3n) is 4.72. The lowest BCUT2D eigenvalue weighted by Crippen LogP contribution is -2.62. The molecule has 2 atom stereocenters. The number of nitrogens with two attached hydrogens (primary N) is 2. The van der Waals surface area contributed by atoms with E-state index in [1.165, 1.54) is 44.9 Å². The molecule has 0 fully saturated rings. The van der Waals surface area contributed by atoms with E-state index < -0.39 is 5.66 Å². The van der Waals surface area contributed by atoms with E-state index in [1.54, 1.807) is 0 Å². The van der Waals surface area contributed by atoms with Crippen LogP contribution in [0, 0.1) is 0 Å². The Morgan fingerprint density at radius 2 is 1.38 bits per heavy atom. The summed E-state index contributed by atoms with van der Waals surface area (Å²) >= 11 is 0. The fourth-order valence-electron chi connectivity index (χ4n) is 3.11. The van der Waals surface area contributed by atoms with Gasteiger partial charge >= 0.3 is 0 Å². The van der Waals surface area contributed by atoms with E-state index in [9.17, 15) is 0 Å². The van der Waals surface area contributed by atoms with Crippen molar-refractivity contribution >= 4 is 0 Å². The van der Waals surface area contributed by atoms with Crippen LogP contribution in [0.4, 0.5) is 0 Å². The molecule has 0 saturated heterocycles. The first-order chi connectivity index (χ1) is 10.0. The van der Waals surface area contributed by atoms with Crippen LogP contribution in [-0.2, 0) is 0 Å². The van der Waals surface area contributed by atoms with Crippen LogP contribution < -0.4 is 22.1 Å². The Morgan fingerprint density at radius 3 is 1.86 bits per heavy atom. The van der Waals surface area contributed by atoms with Crippen molar-refractivity contribution in [3.63, 3.8) is 0 Å². The maximum Gasteiger partial charge on any atom is 0.0794 e. The van der Waals surface area contributed by atoms with E-state index in [1.807, 2.05) is 7.05 Å². The van der Waals surface area contributed by atoms with Crippen LogP contribution in [0.2, 0.25) is 0 Å². The SMILES string of the molecule is CCC(CCCCCCCCC(N)(N)C(CC)NC)NC. The van der Waals surface area contributed by atoms with Crippen molar-refractivity contribution in [2.24, 2.45) is 11.5 Å². The Hall–Kier alpha value is -0.160. The predicted octanol–water partition coefficient (Wildman–Crippen LogP) is 2.72. The molecule has 0 heterocycles. The highest BCUT2D eigenvalue weighted by atomic mass is 15.1. The first-order valence-electron chi connectivity index (χ1n) is 8.94. The Kier molecular flexibility index (Phi) is 12.3. The second-order valence-electron chi connectivity index (χ2n) is 6.42. The summed E-state index contributed by atoms with van der Waals surface area (Å²) < 4.78 is 0. The van der Waals surface area contributed by atoms with Gasteiger partial charge in [0.2, 0.25) is 0 Å². The molecule has 0 bridgehead atoms. The topological polar surface area (TPSA) is 76.1 Å². The smallest absolute Gasteiger partial charge is 0.0794 e. The zero-order valence-corrected chi connectivity index (χ0v) is 14.9. The molecule has 4 heteroatoms. The highest BCUT2D eigenvalue weighted by Gasteiger charge is 2.27. The minimum absolute atomic E-state index is 0.213. The Balaban J connectivity index is 3.55. The quantitative estimate of drug-likeness (QED) is 0.294. The molecular weight excluding hydrogens is 260 g/mol. The normalized spacial score (nSPS) is 15.1. The minimum atomic E-state index is -0.565. The Labute approximate surface area is 132 Å². The highest BCUT2D eigenvalue weighted by molar-refractivity contribution is 4.89. The number of unbranched alkanes of at least 4 members (excludes halogenated alkanes) is 5. The molecule has 0 radical (unpaired) electrons. The molecule has 0 saturated carbocycles. The number of rotatable bonds is 14. The highest BCUT2D eigenvalue weighted by Crippen LogP contribution is 2.16. The zero-order valence-electron chi connectivity index (χ0n) is 14.9. The molecule has 21 heavy (non-hydrogen) atoms. The van der Waals surface area contributed by atoms with Crippen molar-refractivity contribution in [1.82, 2.24) is 10.6 Å². The molecule has 0 aliphatic rings. The lowest BCUT2D eigenvalue weighted by molar-refractivity contribution is 0.279. The van der Waals surface area contributed by atoms with Crippen molar-refractivity contribution in [2.45, 2.75) is 95.8 Å². The Morgan fingerprint density at radius 1 is 0.810 bits per heavy atom. The van der Waals surface area contributed by atoms with Gasteiger partial charge in [0.1, 0.15) is 0 Å². The summed E-state index contributed by atoms with van der Waals surface area (Å²) in [5, 5.41) is 6.59. The van der Waals surface area contributed by atoms with Gasteiger partial charge in [0, 0.05) is 12.1 Å². The van der Waals surface area contributed by atoms with Crippen molar-refractivity contribution in [3.8, 4) is 0 Å². The number of nitrogens with one attached hydrogen (secondary N) is 2. The molecule has 0 aliphatic carbocycles. The maximum absolute atomic E-state index is 6.22. The zero-order chi connectivity index (χ0) is 16.1. The lowest BCUT2D eigenvalue weighted by atomic mass is 9.93. The van der Waals surface area contributed by atoms with Crippen LogP contribution in [0.5, 0.6) is 0 Å². The summed E-state index contributed by atoms with van der Waals surface area (Å²) in [4.78, 5) is 0. The van der Waals surface area contributed by atoms with E-state index in [4.69, 9.17) is 11.5 Å². The maximum atomic E-state index is 6.22. The van der Waals surface area contributed by atoms with Crippen LogP contribution in [0.3, 0.4) is 0 Å². The largest absolute Gasteiger partial charge is 0.317 e. The average Bonchev–Trinajstić information content (AvgIpc) is 2.46. The fourth-order valence-corrected chi connectivity index (χ4v) is 3.11. The first-order valence-corrected chi connectivity index (χ1v) is 8.94. The van der Waals surface area contributed by atoms with Gasteiger partial charge in [0.15, 0.2) is 0 Å². The minimum Gasteiger partial charge on any atom is -0.317 e. The van der Waals surface area contributed by atoms with Gasteiger partial charge in [-0.3, -0.25) is 0 Å². The summed E-state index contributed by atoms with van der Waals surface area (Å²) in [7, 11) is 4.01. The molecule has 128 valence electrons. The van der Waals surface area contributed by atoms with E-state index in [0.717, 1.165) is 19.3 Å². The molecule has 0 amide bonds. The van der Waals surface area contributed by atoms with Gasteiger partial charge < -0.3 is 22.1 Å². The second-order valence-corrected chi connectivity index (χ2v) is 6.42. The van der Waals surface area contributed by atoms with Gasteiger partial charge in [-0.1, -0.05) is 52.4 Å². The van der Waals surface area contributed by atoms with Gasteiger partial charge in [-0.05, 0) is 39.8 Å². The van der Waals surface area contributed by atoms with Gasteiger partial charge in [-0.15, -0.1) is 0 Å². The molecule has 0 aromatic rings. The standard InChI is InChI=1S/C17H40N4/c1-5-15(20-3)13-11-9-7-8-10-12-14-17(18,19)16(6-2)21-4/h15-16,20-21H,5-14,18-19H2,1-4H3. The summed E-state index contributed by atoms with van der Waals surface area (Å²) in [5.74, 6) is 0. The van der Waals surface area contributed by atoms with Crippen LogP contribution >= 0.6 is 0 Å². The van der Waals surface area contributed by atoms with Crippen LogP contribution in [-0.4, -0.2) is 31.8 Å². The summed E-state index contributed by atoms with van der Waals surface area (Å²) in [5.41, 5.74) is 11.9.